The molecule has 4 nitrogen and oxygen atoms in total. The minimum absolute atomic E-state index is 0.804. The van der Waals surface area contributed by atoms with Gasteiger partial charge in [-0.05, 0) is 31.4 Å². The molecule has 0 aliphatic carbocycles. The summed E-state index contributed by atoms with van der Waals surface area (Å²) >= 11 is 0. The zero-order valence-corrected chi connectivity index (χ0v) is 12.0. The molecule has 19 heavy (non-hydrogen) atoms. The lowest BCUT2D eigenvalue weighted by Gasteiger charge is -2.17. The summed E-state index contributed by atoms with van der Waals surface area (Å²) in [5.74, 6) is 0. The van der Waals surface area contributed by atoms with Crippen LogP contribution in [0.5, 0.6) is 0 Å². The van der Waals surface area contributed by atoms with E-state index in [4.69, 9.17) is 5.73 Å². The monoisotopic (exact) mass is 260 g/mol. The number of aryl methyl sites for hydroxylation is 1. The van der Waals surface area contributed by atoms with Crippen LogP contribution in [0, 0.1) is 0 Å². The molecule has 0 spiro atoms. The number of nitrogens with one attached hydrogen (secondary N) is 1. The predicted molar refractivity (Wildman–Crippen MR) is 81.2 cm³/mol. The van der Waals surface area contributed by atoms with Crippen molar-refractivity contribution in [1.82, 2.24) is 5.53 Å². The highest BCUT2D eigenvalue weighted by Crippen LogP contribution is 2.17. The van der Waals surface area contributed by atoms with E-state index < -0.39 is 0 Å². The number of rotatable bonds is 6. The highest BCUT2D eigenvalue weighted by Gasteiger charge is 2.16. The van der Waals surface area contributed by atoms with E-state index in [1.54, 1.807) is 0 Å². The summed E-state index contributed by atoms with van der Waals surface area (Å²) in [5, 5.41) is 8.06. The zero-order chi connectivity index (χ0) is 13.8. The highest BCUT2D eigenvalue weighted by molar-refractivity contribution is 5.60. The molecule has 0 radical (unpaired) electrons. The van der Waals surface area contributed by atoms with Crippen LogP contribution < -0.4 is 26.9 Å². The average Bonchev–Trinajstić information content (AvgIpc) is 2.83. The summed E-state index contributed by atoms with van der Waals surface area (Å²) < 4.78 is 0. The van der Waals surface area contributed by atoms with Gasteiger partial charge < -0.3 is 5.73 Å². The molecule has 1 aliphatic rings. The molecule has 1 aromatic carbocycles. The Morgan fingerprint density at radius 3 is 2.79 bits per heavy atom. The number of anilines is 2. The van der Waals surface area contributed by atoms with Crippen LogP contribution in [0.25, 0.3) is 6.58 Å². The molecule has 2 rings (SSSR count). The Morgan fingerprint density at radius 1 is 1.32 bits per heavy atom. The molecule has 1 aliphatic heterocycles. The topological polar surface area (TPSA) is 53.6 Å². The number of hydrazine groups is 1. The SMILES string of the molecule is C=c1c(N)c(CCCCCC)cc2c1=NNN2CC. The molecule has 1 heterocycles. The van der Waals surface area contributed by atoms with Crippen LogP contribution in [0.15, 0.2) is 11.2 Å². The fourth-order valence-corrected chi connectivity index (χ4v) is 2.47. The van der Waals surface area contributed by atoms with E-state index in [0.29, 0.717) is 0 Å². The van der Waals surface area contributed by atoms with Crippen LogP contribution >= 0.6 is 0 Å². The maximum atomic E-state index is 6.19. The average molecular weight is 260 g/mol. The number of unbranched alkanes of at least 4 members (excludes halogenated alkanes) is 3. The minimum atomic E-state index is 0.804. The van der Waals surface area contributed by atoms with Crippen LogP contribution in [0.2, 0.25) is 0 Å². The molecule has 3 N–H and O–H groups in total. The van der Waals surface area contributed by atoms with Crippen molar-refractivity contribution in [3.8, 4) is 0 Å². The van der Waals surface area contributed by atoms with E-state index >= 15 is 0 Å². The molecule has 4 heteroatoms. The van der Waals surface area contributed by atoms with Gasteiger partial charge in [0.15, 0.2) is 0 Å². The second-order valence-electron chi connectivity index (χ2n) is 5.06. The number of nitrogens with two attached hydrogens (primary N) is 1. The highest BCUT2D eigenvalue weighted by atomic mass is 15.7. The van der Waals surface area contributed by atoms with Gasteiger partial charge in [0.2, 0.25) is 0 Å². The van der Waals surface area contributed by atoms with Gasteiger partial charge in [-0.2, -0.15) is 5.10 Å². The van der Waals surface area contributed by atoms with Crippen LogP contribution in [0.4, 0.5) is 11.4 Å². The second kappa shape index (κ2) is 5.95. The van der Waals surface area contributed by atoms with Gasteiger partial charge in [0.05, 0.1) is 5.69 Å². The van der Waals surface area contributed by atoms with Crippen LogP contribution in [-0.2, 0) is 6.42 Å². The van der Waals surface area contributed by atoms with Gasteiger partial charge in [0, 0.05) is 17.5 Å². The predicted octanol–water partition coefficient (Wildman–Crippen LogP) is 1.68. The van der Waals surface area contributed by atoms with Crippen molar-refractivity contribution in [2.24, 2.45) is 5.10 Å². The van der Waals surface area contributed by atoms with Crippen molar-refractivity contribution in [2.75, 3.05) is 17.3 Å². The van der Waals surface area contributed by atoms with E-state index in [1.807, 2.05) is 5.01 Å². The summed E-state index contributed by atoms with van der Waals surface area (Å²) in [5.41, 5.74) is 12.3. The Kier molecular flexibility index (Phi) is 4.30. The molecule has 0 bridgehead atoms. The second-order valence-corrected chi connectivity index (χ2v) is 5.06. The third-order valence-corrected chi connectivity index (χ3v) is 3.70. The fourth-order valence-electron chi connectivity index (χ4n) is 2.47. The first-order chi connectivity index (χ1) is 9.19. The van der Waals surface area contributed by atoms with Crippen molar-refractivity contribution in [2.45, 2.75) is 46.0 Å². The molecule has 104 valence electrons. The Morgan fingerprint density at radius 2 is 2.11 bits per heavy atom. The van der Waals surface area contributed by atoms with Crippen LogP contribution in [-0.4, -0.2) is 6.54 Å². The van der Waals surface area contributed by atoms with E-state index in [-0.39, 0.29) is 0 Å². The smallest absolute Gasteiger partial charge is 0.119 e. The van der Waals surface area contributed by atoms with Crippen molar-refractivity contribution in [3.63, 3.8) is 0 Å². The van der Waals surface area contributed by atoms with Gasteiger partial charge in [-0.15, -0.1) is 0 Å². The quantitative estimate of drug-likeness (QED) is 0.604. The first kappa shape index (κ1) is 13.7. The lowest BCUT2D eigenvalue weighted by Crippen LogP contribution is -2.33. The Hall–Kier alpha value is -1.71. The standard InChI is InChI=1S/C15H24N4/c1-4-6-7-8-9-12-10-13-15(11(3)14(12)16)17-18-19(13)5-2/h10,18H,3-9,16H2,1-2H3. The van der Waals surface area contributed by atoms with Crippen molar-refractivity contribution in [1.29, 1.82) is 0 Å². The Bertz CT molecular complexity index is 550. The number of hydrogen-bond acceptors (Lipinski definition) is 4. The summed E-state index contributed by atoms with van der Waals surface area (Å²) in [6.07, 6.45) is 6.03. The Balaban J connectivity index is 2.24. The summed E-state index contributed by atoms with van der Waals surface area (Å²) in [4.78, 5) is 0. The molecular weight excluding hydrogens is 236 g/mol. The van der Waals surface area contributed by atoms with Crippen LogP contribution in [0.3, 0.4) is 0 Å². The summed E-state index contributed by atoms with van der Waals surface area (Å²) in [6, 6.07) is 2.16. The van der Waals surface area contributed by atoms with E-state index in [2.05, 4.69) is 37.1 Å². The number of nitrogens with zero attached hydrogens (tertiary/aromatic N) is 2. The van der Waals surface area contributed by atoms with Crippen molar-refractivity contribution in [3.05, 3.63) is 22.2 Å². The number of benzene rings is 1. The van der Waals surface area contributed by atoms with E-state index in [9.17, 15) is 0 Å². The number of hydrogen-bond donors (Lipinski definition) is 2. The minimum Gasteiger partial charge on any atom is -0.398 e. The molecule has 1 aromatic rings. The normalized spacial score (nSPS) is 13.1. The molecule has 0 fully saturated rings. The van der Waals surface area contributed by atoms with Gasteiger partial charge in [0.25, 0.3) is 0 Å². The van der Waals surface area contributed by atoms with Crippen molar-refractivity contribution < 1.29 is 0 Å². The number of fused-ring (bicyclic) bond motifs is 1. The Labute approximate surface area is 115 Å². The van der Waals surface area contributed by atoms with Gasteiger partial charge in [0.1, 0.15) is 5.36 Å². The third-order valence-electron chi connectivity index (χ3n) is 3.70. The maximum Gasteiger partial charge on any atom is 0.119 e. The number of nitrogen functional groups attached to an aromatic ring is 1. The molecule has 0 amide bonds. The molecule has 0 atom stereocenters. The first-order valence-corrected chi connectivity index (χ1v) is 7.20. The van der Waals surface area contributed by atoms with E-state index in [1.165, 1.54) is 31.2 Å². The van der Waals surface area contributed by atoms with Gasteiger partial charge in [-0.3, -0.25) is 5.01 Å². The largest absolute Gasteiger partial charge is 0.398 e. The van der Waals surface area contributed by atoms with E-state index in [0.717, 1.165) is 34.9 Å². The molecule has 0 unspecified atom stereocenters. The first-order valence-electron chi connectivity index (χ1n) is 7.20. The molecule has 0 saturated carbocycles. The third kappa shape index (κ3) is 2.67. The molecule has 0 aromatic heterocycles. The van der Waals surface area contributed by atoms with Crippen molar-refractivity contribution >= 4 is 18.0 Å². The van der Waals surface area contributed by atoms with Gasteiger partial charge in [-0.1, -0.05) is 32.8 Å². The summed E-state index contributed by atoms with van der Waals surface area (Å²) in [7, 11) is 0. The fraction of sp³-hybridized carbons (Fsp3) is 0.533. The lowest BCUT2D eigenvalue weighted by molar-refractivity contribution is 0.666. The zero-order valence-electron chi connectivity index (χ0n) is 12.0. The van der Waals surface area contributed by atoms with Crippen LogP contribution in [0.1, 0.15) is 45.1 Å². The van der Waals surface area contributed by atoms with Gasteiger partial charge in [-0.25, -0.2) is 5.53 Å². The molecular formula is C15H24N4. The maximum absolute atomic E-state index is 6.19. The molecule has 0 saturated heterocycles. The summed E-state index contributed by atoms with van der Waals surface area (Å²) in [6.45, 7) is 9.27. The van der Waals surface area contributed by atoms with Gasteiger partial charge >= 0.3 is 0 Å². The lowest BCUT2D eigenvalue weighted by atomic mass is 10.0.